The molecule has 1 saturated heterocycles. The van der Waals surface area contributed by atoms with E-state index in [1.165, 1.54) is 12.8 Å². The first-order valence-corrected chi connectivity index (χ1v) is 7.98. The number of benzene rings is 1. The predicted molar refractivity (Wildman–Crippen MR) is 87.9 cm³/mol. The Labute approximate surface area is 131 Å². The predicted octanol–water partition coefficient (Wildman–Crippen LogP) is 3.58. The highest BCUT2D eigenvalue weighted by molar-refractivity contribution is 6.30. The van der Waals surface area contributed by atoms with Crippen molar-refractivity contribution < 1.29 is 4.79 Å². The molecule has 5 heteroatoms. The van der Waals surface area contributed by atoms with Gasteiger partial charge in [0, 0.05) is 23.3 Å². The number of amides is 2. The van der Waals surface area contributed by atoms with Crippen LogP contribution in [0.3, 0.4) is 0 Å². The number of hydrogen-bond acceptors (Lipinski definition) is 2. The highest BCUT2D eigenvalue weighted by Gasteiger charge is 2.24. The van der Waals surface area contributed by atoms with Gasteiger partial charge in [0.05, 0.1) is 0 Å². The van der Waals surface area contributed by atoms with Crippen molar-refractivity contribution >= 4 is 23.3 Å². The van der Waals surface area contributed by atoms with Crippen LogP contribution >= 0.6 is 11.6 Å². The summed E-state index contributed by atoms with van der Waals surface area (Å²) in [5.41, 5.74) is 0.749. The zero-order valence-electron chi connectivity index (χ0n) is 12.7. The Kier molecular flexibility index (Phi) is 5.88. The number of rotatable bonds is 5. The van der Waals surface area contributed by atoms with E-state index in [9.17, 15) is 4.79 Å². The normalized spacial score (nSPS) is 17.0. The van der Waals surface area contributed by atoms with Gasteiger partial charge >= 0.3 is 6.03 Å². The fraction of sp³-hybridized carbons (Fsp3) is 0.562. The van der Waals surface area contributed by atoms with Crippen LogP contribution in [0, 0.1) is 5.92 Å². The maximum Gasteiger partial charge on any atom is 0.319 e. The smallest absolute Gasteiger partial charge is 0.319 e. The monoisotopic (exact) mass is 309 g/mol. The Hall–Kier alpha value is -1.26. The molecule has 1 atom stereocenters. The zero-order valence-corrected chi connectivity index (χ0v) is 13.5. The lowest BCUT2D eigenvalue weighted by atomic mass is 10.0. The molecular weight excluding hydrogens is 286 g/mol. The van der Waals surface area contributed by atoms with Gasteiger partial charge in [-0.15, -0.1) is 0 Å². The van der Waals surface area contributed by atoms with Crippen LogP contribution in [-0.4, -0.2) is 36.6 Å². The number of hydrogen-bond donors (Lipinski definition) is 2. The van der Waals surface area contributed by atoms with Crippen LogP contribution in [0.15, 0.2) is 24.3 Å². The molecule has 0 radical (unpaired) electrons. The standard InChI is InChI=1S/C16H24ClN3O/c1-12(2)15(20-9-3-4-10-20)11-18-16(21)19-14-7-5-13(17)6-8-14/h5-8,12,15H,3-4,9-11H2,1-2H3,(H2,18,19,21). The topological polar surface area (TPSA) is 44.4 Å². The SMILES string of the molecule is CC(C)C(CNC(=O)Nc1ccc(Cl)cc1)N1CCCC1. The van der Waals surface area contributed by atoms with E-state index in [0.29, 0.717) is 23.5 Å². The Morgan fingerprint density at radius 3 is 2.43 bits per heavy atom. The molecule has 0 bridgehead atoms. The molecule has 0 aliphatic carbocycles. The maximum atomic E-state index is 12.0. The number of carbonyl (C=O) groups is 1. The number of urea groups is 1. The quantitative estimate of drug-likeness (QED) is 0.873. The number of nitrogens with zero attached hydrogens (tertiary/aromatic N) is 1. The van der Waals surface area contributed by atoms with Crippen LogP contribution in [0.5, 0.6) is 0 Å². The molecule has 1 aliphatic heterocycles. The van der Waals surface area contributed by atoms with Crippen molar-refractivity contribution in [2.45, 2.75) is 32.7 Å². The average Bonchev–Trinajstić information content (AvgIpc) is 2.95. The minimum atomic E-state index is -0.165. The number of anilines is 1. The molecule has 0 aromatic heterocycles. The van der Waals surface area contributed by atoms with Crippen molar-refractivity contribution in [2.75, 3.05) is 25.0 Å². The molecule has 116 valence electrons. The second kappa shape index (κ2) is 7.66. The lowest BCUT2D eigenvalue weighted by Gasteiger charge is -2.31. The molecule has 4 nitrogen and oxygen atoms in total. The third-order valence-electron chi connectivity index (χ3n) is 3.95. The second-order valence-electron chi connectivity index (χ2n) is 5.90. The first kappa shape index (κ1) is 16.1. The van der Waals surface area contributed by atoms with Gasteiger partial charge in [0.1, 0.15) is 0 Å². The molecule has 0 spiro atoms. The first-order valence-electron chi connectivity index (χ1n) is 7.60. The third kappa shape index (κ3) is 4.90. The molecule has 0 saturated carbocycles. The Bertz CT molecular complexity index is 455. The van der Waals surface area contributed by atoms with E-state index in [1.807, 2.05) is 0 Å². The minimum absolute atomic E-state index is 0.165. The molecule has 2 rings (SSSR count). The lowest BCUT2D eigenvalue weighted by Crippen LogP contribution is -2.46. The van der Waals surface area contributed by atoms with Crippen LogP contribution < -0.4 is 10.6 Å². The van der Waals surface area contributed by atoms with E-state index >= 15 is 0 Å². The summed E-state index contributed by atoms with van der Waals surface area (Å²) in [4.78, 5) is 14.4. The summed E-state index contributed by atoms with van der Waals surface area (Å²) in [5.74, 6) is 0.527. The number of halogens is 1. The molecule has 1 unspecified atom stereocenters. The zero-order chi connectivity index (χ0) is 15.2. The minimum Gasteiger partial charge on any atom is -0.336 e. The van der Waals surface area contributed by atoms with Crippen molar-refractivity contribution in [2.24, 2.45) is 5.92 Å². The summed E-state index contributed by atoms with van der Waals surface area (Å²) in [6.45, 7) is 7.38. The fourth-order valence-electron chi connectivity index (χ4n) is 2.77. The van der Waals surface area contributed by atoms with E-state index in [1.54, 1.807) is 24.3 Å². The summed E-state index contributed by atoms with van der Waals surface area (Å²) in [7, 11) is 0. The lowest BCUT2D eigenvalue weighted by molar-refractivity contribution is 0.186. The largest absolute Gasteiger partial charge is 0.336 e. The van der Waals surface area contributed by atoms with Crippen LogP contribution in [-0.2, 0) is 0 Å². The molecule has 1 aliphatic rings. The second-order valence-corrected chi connectivity index (χ2v) is 6.33. The Morgan fingerprint density at radius 1 is 1.24 bits per heavy atom. The van der Waals surface area contributed by atoms with Crippen molar-refractivity contribution in [1.82, 2.24) is 10.2 Å². The number of carbonyl (C=O) groups excluding carboxylic acids is 1. The van der Waals surface area contributed by atoms with Crippen molar-refractivity contribution in [3.63, 3.8) is 0 Å². The molecule has 1 heterocycles. The maximum absolute atomic E-state index is 12.0. The molecule has 1 aromatic rings. The first-order chi connectivity index (χ1) is 10.1. The van der Waals surface area contributed by atoms with Gasteiger partial charge < -0.3 is 10.6 Å². The van der Waals surface area contributed by atoms with Gasteiger partial charge in [-0.05, 0) is 56.1 Å². The molecular formula is C16H24ClN3O. The van der Waals surface area contributed by atoms with Gasteiger partial charge in [-0.3, -0.25) is 4.90 Å². The van der Waals surface area contributed by atoms with Gasteiger partial charge in [-0.2, -0.15) is 0 Å². The Balaban J connectivity index is 1.82. The average molecular weight is 310 g/mol. The van der Waals surface area contributed by atoms with E-state index in [0.717, 1.165) is 18.8 Å². The molecule has 21 heavy (non-hydrogen) atoms. The van der Waals surface area contributed by atoms with Crippen LogP contribution in [0.1, 0.15) is 26.7 Å². The highest BCUT2D eigenvalue weighted by Crippen LogP contribution is 2.17. The van der Waals surface area contributed by atoms with E-state index in [2.05, 4.69) is 29.4 Å². The highest BCUT2D eigenvalue weighted by atomic mass is 35.5. The van der Waals surface area contributed by atoms with E-state index < -0.39 is 0 Å². The van der Waals surface area contributed by atoms with Crippen LogP contribution in [0.2, 0.25) is 5.02 Å². The van der Waals surface area contributed by atoms with Crippen LogP contribution in [0.25, 0.3) is 0 Å². The van der Waals surface area contributed by atoms with Crippen molar-refractivity contribution in [1.29, 1.82) is 0 Å². The molecule has 2 amide bonds. The summed E-state index contributed by atoms with van der Waals surface area (Å²) in [6, 6.07) is 7.35. The van der Waals surface area contributed by atoms with Gasteiger partial charge in [0.15, 0.2) is 0 Å². The summed E-state index contributed by atoms with van der Waals surface area (Å²) < 4.78 is 0. The summed E-state index contributed by atoms with van der Waals surface area (Å²) >= 11 is 5.82. The van der Waals surface area contributed by atoms with E-state index in [-0.39, 0.29) is 6.03 Å². The van der Waals surface area contributed by atoms with Crippen molar-refractivity contribution in [3.05, 3.63) is 29.3 Å². The molecule has 1 fully saturated rings. The summed E-state index contributed by atoms with van der Waals surface area (Å²) in [5, 5.41) is 6.47. The number of likely N-dealkylation sites (tertiary alicyclic amines) is 1. The Morgan fingerprint density at radius 2 is 1.86 bits per heavy atom. The van der Waals surface area contributed by atoms with Gasteiger partial charge in [0.2, 0.25) is 0 Å². The fourth-order valence-corrected chi connectivity index (χ4v) is 2.89. The molecule has 1 aromatic carbocycles. The van der Waals surface area contributed by atoms with Crippen molar-refractivity contribution in [3.8, 4) is 0 Å². The third-order valence-corrected chi connectivity index (χ3v) is 4.21. The van der Waals surface area contributed by atoms with Gasteiger partial charge in [-0.1, -0.05) is 25.4 Å². The molecule has 2 N–H and O–H groups in total. The van der Waals surface area contributed by atoms with Gasteiger partial charge in [-0.25, -0.2) is 4.79 Å². The summed E-state index contributed by atoms with van der Waals surface area (Å²) in [6.07, 6.45) is 2.53. The van der Waals surface area contributed by atoms with E-state index in [4.69, 9.17) is 11.6 Å². The van der Waals surface area contributed by atoms with Gasteiger partial charge in [0.25, 0.3) is 0 Å². The van der Waals surface area contributed by atoms with Crippen LogP contribution in [0.4, 0.5) is 10.5 Å². The number of nitrogens with one attached hydrogen (secondary N) is 2.